The summed E-state index contributed by atoms with van der Waals surface area (Å²) in [6, 6.07) is 13.1. The van der Waals surface area contributed by atoms with Gasteiger partial charge in [0.05, 0.1) is 38.4 Å². The van der Waals surface area contributed by atoms with E-state index in [-0.39, 0.29) is 30.1 Å². The van der Waals surface area contributed by atoms with Gasteiger partial charge in [-0.15, -0.1) is 11.3 Å². The van der Waals surface area contributed by atoms with E-state index in [0.29, 0.717) is 13.0 Å². The predicted molar refractivity (Wildman–Crippen MR) is 107 cm³/mol. The van der Waals surface area contributed by atoms with Crippen LogP contribution in [-0.2, 0) is 25.6 Å². The molecule has 5 nitrogen and oxygen atoms in total. The third-order valence-electron chi connectivity index (χ3n) is 6.14. The van der Waals surface area contributed by atoms with Crippen LogP contribution in [0, 0.1) is 5.92 Å². The molecule has 2 saturated heterocycles. The van der Waals surface area contributed by atoms with Crippen LogP contribution in [0.15, 0.2) is 41.8 Å². The summed E-state index contributed by atoms with van der Waals surface area (Å²) in [4.78, 5) is 15.7. The number of nitrogens with zero attached hydrogens (tertiary/aromatic N) is 1. The molecular weight excluding hydrogens is 374 g/mol. The number of carbonyl (C=O) groups is 1. The van der Waals surface area contributed by atoms with Crippen molar-refractivity contribution in [2.24, 2.45) is 5.92 Å². The highest BCUT2D eigenvalue weighted by molar-refractivity contribution is 7.13. The number of fused-ring (bicyclic) bond motifs is 2. The number of morpholine rings is 1. The molecule has 1 unspecified atom stereocenters. The average molecular weight is 400 g/mol. The Morgan fingerprint density at radius 2 is 1.96 bits per heavy atom. The molecule has 0 amide bonds. The van der Waals surface area contributed by atoms with E-state index < -0.39 is 0 Å². The van der Waals surface area contributed by atoms with Gasteiger partial charge in [0.25, 0.3) is 0 Å². The van der Waals surface area contributed by atoms with Crippen LogP contribution in [0.2, 0.25) is 0 Å². The molecule has 1 aliphatic carbocycles. The summed E-state index contributed by atoms with van der Waals surface area (Å²) in [5.74, 6) is 0.139. The van der Waals surface area contributed by atoms with E-state index in [1.54, 1.807) is 11.3 Å². The Hall–Kier alpha value is -1.73. The van der Waals surface area contributed by atoms with Gasteiger partial charge in [0.1, 0.15) is 6.10 Å². The summed E-state index contributed by atoms with van der Waals surface area (Å²) in [6.07, 6.45) is 1.28. The first-order valence-electron chi connectivity index (χ1n) is 10.0. The second kappa shape index (κ2) is 7.95. The normalized spacial score (nSPS) is 30.4. The van der Waals surface area contributed by atoms with Gasteiger partial charge in [0.2, 0.25) is 0 Å². The van der Waals surface area contributed by atoms with Gasteiger partial charge < -0.3 is 14.2 Å². The third-order valence-corrected chi connectivity index (χ3v) is 7.06. The Labute approximate surface area is 169 Å². The number of thiophene rings is 1. The largest absolute Gasteiger partial charge is 0.461 e. The number of benzene rings is 1. The summed E-state index contributed by atoms with van der Waals surface area (Å²) in [5, 5.41) is 2.10. The van der Waals surface area contributed by atoms with Crippen LogP contribution in [0.1, 0.15) is 18.4 Å². The van der Waals surface area contributed by atoms with Crippen LogP contribution in [0.5, 0.6) is 0 Å². The zero-order valence-corrected chi connectivity index (χ0v) is 16.6. The number of esters is 1. The van der Waals surface area contributed by atoms with Crippen molar-refractivity contribution in [3.05, 3.63) is 47.3 Å². The van der Waals surface area contributed by atoms with Crippen molar-refractivity contribution in [1.29, 1.82) is 0 Å². The Morgan fingerprint density at radius 1 is 1.14 bits per heavy atom. The number of carbonyl (C=O) groups excluding carboxylic acids is 1. The van der Waals surface area contributed by atoms with Crippen molar-refractivity contribution in [3.63, 3.8) is 0 Å². The fraction of sp³-hybridized carbons (Fsp3) is 0.500. The molecule has 2 bridgehead atoms. The molecule has 148 valence electrons. The van der Waals surface area contributed by atoms with Gasteiger partial charge in [0.15, 0.2) is 0 Å². The van der Waals surface area contributed by atoms with Crippen molar-refractivity contribution in [1.82, 2.24) is 4.90 Å². The lowest BCUT2D eigenvalue weighted by Crippen LogP contribution is -2.53. The molecule has 6 heteroatoms. The molecule has 5 rings (SSSR count). The lowest BCUT2D eigenvalue weighted by atomic mass is 9.93. The highest BCUT2D eigenvalue weighted by Crippen LogP contribution is 2.41. The molecule has 3 heterocycles. The van der Waals surface area contributed by atoms with Crippen LogP contribution >= 0.6 is 11.3 Å². The SMILES string of the molecule is O=C1C[C@H]2C(N3CCOCC3)[C@H](C[C@H]2OCc2ccc(-c3cccs3)cc2)O1. The van der Waals surface area contributed by atoms with E-state index in [1.807, 2.05) is 0 Å². The third kappa shape index (κ3) is 3.62. The molecule has 2 aromatic rings. The number of hydrogen-bond acceptors (Lipinski definition) is 6. The molecule has 1 saturated carbocycles. The average Bonchev–Trinajstić information content (AvgIpc) is 3.33. The number of rotatable bonds is 5. The maximum absolute atomic E-state index is 12.0. The number of ether oxygens (including phenoxy) is 3. The molecule has 2 aliphatic heterocycles. The molecule has 3 fully saturated rings. The zero-order valence-electron chi connectivity index (χ0n) is 15.8. The topological polar surface area (TPSA) is 48.0 Å². The monoisotopic (exact) mass is 399 g/mol. The van der Waals surface area contributed by atoms with Gasteiger partial charge in [-0.05, 0) is 22.6 Å². The Bertz CT molecular complexity index is 800. The summed E-state index contributed by atoms with van der Waals surface area (Å²) in [6.45, 7) is 3.90. The Kier molecular flexibility index (Phi) is 5.20. The predicted octanol–water partition coefficient (Wildman–Crippen LogP) is 3.34. The van der Waals surface area contributed by atoms with Crippen molar-refractivity contribution in [3.8, 4) is 10.4 Å². The molecule has 0 spiro atoms. The maximum Gasteiger partial charge on any atom is 0.306 e. The fourth-order valence-corrected chi connectivity index (χ4v) is 5.54. The molecule has 3 aliphatic rings. The second-order valence-electron chi connectivity index (χ2n) is 7.79. The minimum Gasteiger partial charge on any atom is -0.461 e. The van der Waals surface area contributed by atoms with Gasteiger partial charge in [-0.25, -0.2) is 0 Å². The summed E-state index contributed by atoms with van der Waals surface area (Å²) in [5.41, 5.74) is 2.40. The van der Waals surface area contributed by atoms with E-state index in [1.165, 1.54) is 10.4 Å². The maximum atomic E-state index is 12.0. The fourth-order valence-electron chi connectivity index (χ4n) is 4.80. The summed E-state index contributed by atoms with van der Waals surface area (Å²) >= 11 is 1.75. The summed E-state index contributed by atoms with van der Waals surface area (Å²) in [7, 11) is 0. The minimum absolute atomic E-state index is 0.0458. The molecule has 0 radical (unpaired) electrons. The van der Waals surface area contributed by atoms with Gasteiger partial charge >= 0.3 is 5.97 Å². The van der Waals surface area contributed by atoms with E-state index in [2.05, 4.69) is 46.7 Å². The number of hydrogen-bond donors (Lipinski definition) is 0. The van der Waals surface area contributed by atoms with Crippen LogP contribution in [0.3, 0.4) is 0 Å². The van der Waals surface area contributed by atoms with Crippen molar-refractivity contribution >= 4 is 17.3 Å². The van der Waals surface area contributed by atoms with Gasteiger partial charge in [-0.3, -0.25) is 9.69 Å². The minimum atomic E-state index is -0.0779. The van der Waals surface area contributed by atoms with Crippen LogP contribution in [-0.4, -0.2) is 55.4 Å². The standard InChI is InChI=1S/C22H25NO4S/c24-21-12-17-18(13-19(27-21)22(17)23-7-9-25-10-8-23)26-14-15-3-5-16(6-4-15)20-2-1-11-28-20/h1-6,11,17-19,22H,7-10,12-14H2/t17-,18-,19+,22?/m1/s1. The molecule has 4 atom stereocenters. The molecular formula is C22H25NO4S. The van der Waals surface area contributed by atoms with Crippen molar-refractivity contribution < 1.29 is 19.0 Å². The first-order chi connectivity index (χ1) is 13.8. The van der Waals surface area contributed by atoms with Gasteiger partial charge in [0, 0.05) is 30.3 Å². The quantitative estimate of drug-likeness (QED) is 0.722. The van der Waals surface area contributed by atoms with E-state index >= 15 is 0 Å². The molecule has 1 aromatic heterocycles. The lowest BCUT2D eigenvalue weighted by molar-refractivity contribution is -0.161. The zero-order chi connectivity index (χ0) is 18.9. The molecule has 1 aromatic carbocycles. The van der Waals surface area contributed by atoms with Crippen LogP contribution < -0.4 is 0 Å². The Balaban J connectivity index is 1.24. The summed E-state index contributed by atoms with van der Waals surface area (Å²) < 4.78 is 17.5. The highest BCUT2D eigenvalue weighted by Gasteiger charge is 2.52. The van der Waals surface area contributed by atoms with Crippen molar-refractivity contribution in [2.45, 2.75) is 37.7 Å². The molecule has 0 N–H and O–H groups in total. The van der Waals surface area contributed by atoms with Crippen molar-refractivity contribution in [2.75, 3.05) is 26.3 Å². The lowest BCUT2D eigenvalue weighted by Gasteiger charge is -2.40. The van der Waals surface area contributed by atoms with E-state index in [0.717, 1.165) is 38.3 Å². The van der Waals surface area contributed by atoms with Crippen LogP contribution in [0.25, 0.3) is 10.4 Å². The first-order valence-corrected chi connectivity index (χ1v) is 10.9. The Morgan fingerprint density at radius 3 is 2.71 bits per heavy atom. The van der Waals surface area contributed by atoms with E-state index in [9.17, 15) is 4.79 Å². The van der Waals surface area contributed by atoms with E-state index in [4.69, 9.17) is 14.2 Å². The first kappa shape index (κ1) is 18.3. The van der Waals surface area contributed by atoms with Gasteiger partial charge in [-0.1, -0.05) is 30.3 Å². The molecule has 28 heavy (non-hydrogen) atoms. The smallest absolute Gasteiger partial charge is 0.306 e. The second-order valence-corrected chi connectivity index (χ2v) is 8.74. The van der Waals surface area contributed by atoms with Crippen LogP contribution in [0.4, 0.5) is 0 Å². The van der Waals surface area contributed by atoms with Gasteiger partial charge in [-0.2, -0.15) is 0 Å². The highest BCUT2D eigenvalue weighted by atomic mass is 32.1.